The number of methoxy groups -OCH3 is 1. The summed E-state index contributed by atoms with van der Waals surface area (Å²) in [7, 11) is 1.32. The van der Waals surface area contributed by atoms with E-state index in [-0.39, 0.29) is 5.56 Å². The lowest BCUT2D eigenvalue weighted by Gasteiger charge is -2.30. The molecule has 6 heteroatoms. The molecule has 3 aromatic rings. The molecule has 0 fully saturated rings. The fraction of sp³-hybridized carbons (Fsp3) is 0.211. The van der Waals surface area contributed by atoms with E-state index in [1.54, 1.807) is 0 Å². The highest BCUT2D eigenvalue weighted by molar-refractivity contribution is 5.87. The van der Waals surface area contributed by atoms with E-state index < -0.39 is 29.7 Å². The topological polar surface area (TPSA) is 54.1 Å². The van der Waals surface area contributed by atoms with E-state index >= 15 is 0 Å². The Morgan fingerprint density at radius 3 is 2.76 bits per heavy atom. The Morgan fingerprint density at radius 2 is 2.00 bits per heavy atom. The minimum atomic E-state index is -0.660. The number of rotatable bonds is 2. The lowest BCUT2D eigenvalue weighted by atomic mass is 9.90. The third-order valence-corrected chi connectivity index (χ3v) is 4.67. The molecule has 0 unspecified atom stereocenters. The van der Waals surface area contributed by atoms with E-state index in [1.165, 1.54) is 19.2 Å². The summed E-state index contributed by atoms with van der Waals surface area (Å²) in [6.07, 6.45) is 0.436. The van der Waals surface area contributed by atoms with Crippen LogP contribution in [0.15, 0.2) is 42.5 Å². The van der Waals surface area contributed by atoms with Crippen LogP contribution in [0.25, 0.3) is 10.9 Å². The van der Waals surface area contributed by atoms with Crippen LogP contribution >= 0.6 is 0 Å². The number of carbonyl (C=O) groups excluding carboxylic acids is 1. The second-order valence-electron chi connectivity index (χ2n) is 6.11. The van der Waals surface area contributed by atoms with Gasteiger partial charge in [0.2, 0.25) is 0 Å². The lowest BCUT2D eigenvalue weighted by Crippen LogP contribution is -2.45. The van der Waals surface area contributed by atoms with Gasteiger partial charge >= 0.3 is 5.97 Å². The molecule has 0 amide bonds. The van der Waals surface area contributed by atoms with Crippen molar-refractivity contribution in [3.05, 3.63) is 70.9 Å². The first-order valence-corrected chi connectivity index (χ1v) is 7.97. The predicted molar refractivity (Wildman–Crippen MR) is 89.1 cm³/mol. The molecular weight excluding hydrogens is 326 g/mol. The van der Waals surface area contributed by atoms with E-state index in [4.69, 9.17) is 4.74 Å². The van der Waals surface area contributed by atoms with Crippen LogP contribution in [-0.4, -0.2) is 24.1 Å². The van der Waals surface area contributed by atoms with Gasteiger partial charge in [0.05, 0.1) is 13.2 Å². The van der Waals surface area contributed by atoms with Crippen molar-refractivity contribution >= 4 is 16.9 Å². The third-order valence-electron chi connectivity index (χ3n) is 4.67. The SMILES string of the molecule is COC(=O)[C@@H]1Cc2c([nH]c3ccccc23)[C@H](c2ccc(F)cc2F)N1. The summed E-state index contributed by atoms with van der Waals surface area (Å²) in [6, 6.07) is 9.97. The minimum absolute atomic E-state index is 0.280. The Balaban J connectivity index is 1.90. The molecule has 2 aromatic carbocycles. The first-order chi connectivity index (χ1) is 12.1. The van der Waals surface area contributed by atoms with E-state index in [0.29, 0.717) is 6.42 Å². The number of benzene rings is 2. The van der Waals surface area contributed by atoms with E-state index in [2.05, 4.69) is 10.3 Å². The summed E-state index contributed by atoms with van der Waals surface area (Å²) < 4.78 is 32.5. The zero-order valence-corrected chi connectivity index (χ0v) is 13.5. The molecule has 25 heavy (non-hydrogen) atoms. The summed E-state index contributed by atoms with van der Waals surface area (Å²) in [5.41, 5.74) is 2.92. The maximum absolute atomic E-state index is 14.4. The zero-order chi connectivity index (χ0) is 17.6. The van der Waals surface area contributed by atoms with Gasteiger partial charge in [0.25, 0.3) is 0 Å². The summed E-state index contributed by atoms with van der Waals surface area (Å²) in [4.78, 5) is 15.4. The van der Waals surface area contributed by atoms with Gasteiger partial charge in [-0.1, -0.05) is 24.3 Å². The van der Waals surface area contributed by atoms with Crippen molar-refractivity contribution < 1.29 is 18.3 Å². The summed E-state index contributed by atoms with van der Waals surface area (Å²) in [6.45, 7) is 0. The van der Waals surface area contributed by atoms with Gasteiger partial charge in [0.1, 0.15) is 17.7 Å². The molecule has 128 valence electrons. The first kappa shape index (κ1) is 15.8. The average molecular weight is 342 g/mol. The van der Waals surface area contributed by atoms with Gasteiger partial charge in [-0.25, -0.2) is 8.78 Å². The van der Waals surface area contributed by atoms with Crippen molar-refractivity contribution in [1.29, 1.82) is 0 Å². The highest BCUT2D eigenvalue weighted by Gasteiger charge is 2.35. The van der Waals surface area contributed by atoms with Crippen molar-refractivity contribution in [2.45, 2.75) is 18.5 Å². The lowest BCUT2D eigenvalue weighted by molar-refractivity contribution is -0.143. The van der Waals surface area contributed by atoms with Gasteiger partial charge in [-0.3, -0.25) is 10.1 Å². The molecule has 2 atom stereocenters. The van der Waals surface area contributed by atoms with Crippen molar-refractivity contribution in [2.75, 3.05) is 7.11 Å². The van der Waals surface area contributed by atoms with Gasteiger partial charge in [0.15, 0.2) is 0 Å². The smallest absolute Gasteiger partial charge is 0.323 e. The maximum Gasteiger partial charge on any atom is 0.323 e. The third kappa shape index (κ3) is 2.59. The molecule has 0 saturated carbocycles. The van der Waals surface area contributed by atoms with Crippen LogP contribution in [0, 0.1) is 11.6 Å². The van der Waals surface area contributed by atoms with Gasteiger partial charge in [-0.15, -0.1) is 0 Å². The fourth-order valence-corrected chi connectivity index (χ4v) is 3.51. The molecular formula is C19H16F2N2O2. The Bertz CT molecular complexity index is 967. The largest absolute Gasteiger partial charge is 0.468 e. The number of aromatic amines is 1. The number of para-hydroxylation sites is 1. The molecule has 4 nitrogen and oxygen atoms in total. The number of hydrogen-bond acceptors (Lipinski definition) is 3. The molecule has 2 heterocycles. The quantitative estimate of drug-likeness (QED) is 0.703. The van der Waals surface area contributed by atoms with Crippen molar-refractivity contribution in [3.8, 4) is 0 Å². The van der Waals surface area contributed by atoms with Crippen LogP contribution in [-0.2, 0) is 16.0 Å². The number of hydrogen-bond donors (Lipinski definition) is 2. The Kier molecular flexibility index (Phi) is 3.77. The second-order valence-corrected chi connectivity index (χ2v) is 6.11. The number of esters is 1. The van der Waals surface area contributed by atoms with Gasteiger partial charge in [-0.2, -0.15) is 0 Å². The molecule has 1 aliphatic heterocycles. The number of ether oxygens (including phenoxy) is 1. The molecule has 4 rings (SSSR count). The molecule has 1 aliphatic rings. The Morgan fingerprint density at radius 1 is 1.20 bits per heavy atom. The zero-order valence-electron chi connectivity index (χ0n) is 13.5. The summed E-state index contributed by atoms with van der Waals surface area (Å²) in [5.74, 6) is -1.71. The average Bonchev–Trinajstić information content (AvgIpc) is 2.99. The van der Waals surface area contributed by atoms with Crippen LogP contribution in [0.1, 0.15) is 22.9 Å². The monoisotopic (exact) mass is 342 g/mol. The first-order valence-electron chi connectivity index (χ1n) is 7.97. The molecule has 0 spiro atoms. The van der Waals surface area contributed by atoms with Crippen LogP contribution < -0.4 is 5.32 Å². The molecule has 1 aromatic heterocycles. The molecule has 0 bridgehead atoms. The van der Waals surface area contributed by atoms with Gasteiger partial charge in [0, 0.05) is 34.6 Å². The number of carbonyl (C=O) groups is 1. The fourth-order valence-electron chi connectivity index (χ4n) is 3.51. The standard InChI is InChI=1S/C19H16F2N2O2/c1-25-19(24)16-9-13-11-4-2-3-5-15(11)22-18(13)17(23-16)12-7-6-10(20)8-14(12)21/h2-8,16-17,22-23H,9H2,1H3/t16-,17-/m0/s1. The second kappa shape index (κ2) is 5.97. The van der Waals surface area contributed by atoms with Crippen LogP contribution in [0.2, 0.25) is 0 Å². The van der Waals surface area contributed by atoms with Gasteiger partial charge < -0.3 is 9.72 Å². The Labute approximate surface area is 142 Å². The highest BCUT2D eigenvalue weighted by atomic mass is 19.1. The number of halogens is 2. The summed E-state index contributed by atoms with van der Waals surface area (Å²) >= 11 is 0. The van der Waals surface area contributed by atoms with Crippen LogP contribution in [0.3, 0.4) is 0 Å². The summed E-state index contributed by atoms with van der Waals surface area (Å²) in [5, 5.41) is 4.12. The normalized spacial score (nSPS) is 19.6. The van der Waals surface area contributed by atoms with Crippen molar-refractivity contribution in [2.24, 2.45) is 0 Å². The highest BCUT2D eigenvalue weighted by Crippen LogP contribution is 2.36. The van der Waals surface area contributed by atoms with E-state index in [1.807, 2.05) is 24.3 Å². The molecule has 0 radical (unpaired) electrons. The molecule has 0 saturated heterocycles. The van der Waals surface area contributed by atoms with Crippen LogP contribution in [0.5, 0.6) is 0 Å². The minimum Gasteiger partial charge on any atom is -0.468 e. The molecule has 2 N–H and O–H groups in total. The van der Waals surface area contributed by atoms with Crippen LogP contribution in [0.4, 0.5) is 8.78 Å². The predicted octanol–water partition coefficient (Wildman–Crippen LogP) is 3.22. The van der Waals surface area contributed by atoms with E-state index in [9.17, 15) is 13.6 Å². The molecule has 0 aliphatic carbocycles. The van der Waals surface area contributed by atoms with Crippen molar-refractivity contribution in [3.63, 3.8) is 0 Å². The number of aromatic nitrogens is 1. The number of nitrogens with one attached hydrogen (secondary N) is 2. The van der Waals surface area contributed by atoms with Crippen molar-refractivity contribution in [1.82, 2.24) is 10.3 Å². The maximum atomic E-state index is 14.4. The van der Waals surface area contributed by atoms with Gasteiger partial charge in [-0.05, 0) is 17.7 Å². The number of fused-ring (bicyclic) bond motifs is 3. The Hall–Kier alpha value is -2.73. The number of H-pyrrole nitrogens is 1. The van der Waals surface area contributed by atoms with E-state index in [0.717, 1.165) is 28.2 Å².